The van der Waals surface area contributed by atoms with Crippen LogP contribution in [0.1, 0.15) is 27.9 Å². The SMILES string of the molecule is CN(C)CCCNC(=O)c1ccc2c(c1)CCNC2. The van der Waals surface area contributed by atoms with Crippen LogP contribution in [-0.2, 0) is 13.0 Å². The molecule has 19 heavy (non-hydrogen) atoms. The Morgan fingerprint density at radius 1 is 1.37 bits per heavy atom. The van der Waals surface area contributed by atoms with Crippen molar-refractivity contribution in [1.29, 1.82) is 0 Å². The molecule has 0 aromatic heterocycles. The monoisotopic (exact) mass is 261 g/mol. The Morgan fingerprint density at radius 2 is 2.21 bits per heavy atom. The summed E-state index contributed by atoms with van der Waals surface area (Å²) in [5.41, 5.74) is 3.40. The van der Waals surface area contributed by atoms with E-state index < -0.39 is 0 Å². The fourth-order valence-electron chi connectivity index (χ4n) is 2.32. The molecular weight excluding hydrogens is 238 g/mol. The van der Waals surface area contributed by atoms with Gasteiger partial charge in [0.05, 0.1) is 0 Å². The van der Waals surface area contributed by atoms with Gasteiger partial charge in [-0.2, -0.15) is 0 Å². The van der Waals surface area contributed by atoms with Crippen LogP contribution in [0.15, 0.2) is 18.2 Å². The lowest BCUT2D eigenvalue weighted by atomic mass is 9.98. The molecule has 0 unspecified atom stereocenters. The number of hydrogen-bond acceptors (Lipinski definition) is 3. The van der Waals surface area contributed by atoms with Crippen molar-refractivity contribution >= 4 is 5.91 Å². The Morgan fingerprint density at radius 3 is 3.00 bits per heavy atom. The van der Waals surface area contributed by atoms with Crippen LogP contribution < -0.4 is 10.6 Å². The fraction of sp³-hybridized carbons (Fsp3) is 0.533. The molecule has 0 atom stereocenters. The van der Waals surface area contributed by atoms with Crippen LogP contribution in [-0.4, -0.2) is 44.5 Å². The molecule has 0 radical (unpaired) electrons. The van der Waals surface area contributed by atoms with Crippen molar-refractivity contribution in [3.63, 3.8) is 0 Å². The number of carbonyl (C=O) groups is 1. The third-order valence-electron chi connectivity index (χ3n) is 3.42. The zero-order valence-corrected chi connectivity index (χ0v) is 11.8. The predicted octanol–water partition coefficient (Wildman–Crippen LogP) is 1.01. The Balaban J connectivity index is 1.88. The Kier molecular flexibility index (Phi) is 4.93. The van der Waals surface area contributed by atoms with Gasteiger partial charge in [-0.3, -0.25) is 4.79 Å². The molecule has 1 aliphatic rings. The van der Waals surface area contributed by atoms with Gasteiger partial charge in [0.25, 0.3) is 5.91 Å². The van der Waals surface area contributed by atoms with Gasteiger partial charge >= 0.3 is 0 Å². The summed E-state index contributed by atoms with van der Waals surface area (Å²) in [5, 5.41) is 6.32. The standard InChI is InChI=1S/C15H23N3O/c1-18(2)9-3-7-17-15(19)13-4-5-14-11-16-8-6-12(14)10-13/h4-5,10,16H,3,6-9,11H2,1-2H3,(H,17,19). The highest BCUT2D eigenvalue weighted by Gasteiger charge is 2.12. The van der Waals surface area contributed by atoms with E-state index in [2.05, 4.69) is 21.6 Å². The maximum atomic E-state index is 12.0. The second-order valence-corrected chi connectivity index (χ2v) is 5.32. The summed E-state index contributed by atoms with van der Waals surface area (Å²) in [6.07, 6.45) is 1.99. The van der Waals surface area contributed by atoms with Crippen molar-refractivity contribution < 1.29 is 4.79 Å². The molecule has 0 bridgehead atoms. The molecule has 0 spiro atoms. The lowest BCUT2D eigenvalue weighted by Crippen LogP contribution is -2.28. The van der Waals surface area contributed by atoms with Gasteiger partial charge in [-0.15, -0.1) is 0 Å². The number of hydrogen-bond donors (Lipinski definition) is 2. The zero-order chi connectivity index (χ0) is 13.7. The van der Waals surface area contributed by atoms with Crippen LogP contribution >= 0.6 is 0 Å². The Bertz CT molecular complexity index is 443. The summed E-state index contributed by atoms with van der Waals surface area (Å²) >= 11 is 0. The third-order valence-corrected chi connectivity index (χ3v) is 3.42. The first-order valence-electron chi connectivity index (χ1n) is 6.92. The molecule has 2 rings (SSSR count). The van der Waals surface area contributed by atoms with Crippen molar-refractivity contribution in [2.24, 2.45) is 0 Å². The summed E-state index contributed by atoms with van der Waals surface area (Å²) in [6.45, 7) is 3.65. The molecule has 0 fully saturated rings. The molecule has 1 aliphatic heterocycles. The van der Waals surface area contributed by atoms with Gasteiger partial charge in [0.15, 0.2) is 0 Å². The Hall–Kier alpha value is -1.39. The van der Waals surface area contributed by atoms with Gasteiger partial charge in [0.1, 0.15) is 0 Å². The van der Waals surface area contributed by atoms with E-state index in [-0.39, 0.29) is 5.91 Å². The second kappa shape index (κ2) is 6.68. The number of fused-ring (bicyclic) bond motifs is 1. The number of amides is 1. The summed E-state index contributed by atoms with van der Waals surface area (Å²) in [7, 11) is 4.08. The predicted molar refractivity (Wildman–Crippen MR) is 77.4 cm³/mol. The third kappa shape index (κ3) is 4.04. The molecule has 4 heteroatoms. The van der Waals surface area contributed by atoms with Crippen molar-refractivity contribution in [2.75, 3.05) is 33.7 Å². The van der Waals surface area contributed by atoms with Crippen LogP contribution in [0.3, 0.4) is 0 Å². The summed E-state index contributed by atoms with van der Waals surface area (Å²) in [5.74, 6) is 0.0417. The molecule has 0 saturated heterocycles. The zero-order valence-electron chi connectivity index (χ0n) is 11.8. The molecule has 1 amide bonds. The van der Waals surface area contributed by atoms with Gasteiger partial charge in [-0.1, -0.05) is 6.07 Å². The number of rotatable bonds is 5. The average molecular weight is 261 g/mol. The molecule has 4 nitrogen and oxygen atoms in total. The molecule has 0 saturated carbocycles. The molecule has 1 aromatic carbocycles. The van der Waals surface area contributed by atoms with Crippen LogP contribution in [0, 0.1) is 0 Å². The van der Waals surface area contributed by atoms with Crippen LogP contribution in [0.2, 0.25) is 0 Å². The van der Waals surface area contributed by atoms with E-state index in [0.717, 1.165) is 44.6 Å². The van der Waals surface area contributed by atoms with Crippen molar-refractivity contribution in [1.82, 2.24) is 15.5 Å². The molecule has 2 N–H and O–H groups in total. The number of benzene rings is 1. The van der Waals surface area contributed by atoms with Crippen molar-refractivity contribution in [3.05, 3.63) is 34.9 Å². The minimum atomic E-state index is 0.0417. The van der Waals surface area contributed by atoms with Gasteiger partial charge < -0.3 is 15.5 Å². The van der Waals surface area contributed by atoms with Crippen LogP contribution in [0.5, 0.6) is 0 Å². The van der Waals surface area contributed by atoms with Gasteiger partial charge in [-0.05, 0) is 63.3 Å². The first kappa shape index (κ1) is 14.0. The molecule has 1 aromatic rings. The molecule has 0 aliphatic carbocycles. The van der Waals surface area contributed by atoms with Crippen LogP contribution in [0.25, 0.3) is 0 Å². The average Bonchev–Trinajstić information content (AvgIpc) is 2.42. The first-order chi connectivity index (χ1) is 9.16. The highest BCUT2D eigenvalue weighted by atomic mass is 16.1. The minimum Gasteiger partial charge on any atom is -0.352 e. The Labute approximate surface area is 115 Å². The molecule has 1 heterocycles. The van der Waals surface area contributed by atoms with E-state index in [1.165, 1.54) is 11.1 Å². The quantitative estimate of drug-likeness (QED) is 0.778. The van der Waals surface area contributed by atoms with Crippen molar-refractivity contribution in [2.45, 2.75) is 19.4 Å². The molecule has 104 valence electrons. The summed E-state index contributed by atoms with van der Waals surface area (Å²) in [4.78, 5) is 14.2. The molecular formula is C15H23N3O. The van der Waals surface area contributed by atoms with E-state index in [1.54, 1.807) is 0 Å². The first-order valence-corrected chi connectivity index (χ1v) is 6.92. The smallest absolute Gasteiger partial charge is 0.251 e. The maximum absolute atomic E-state index is 12.0. The topological polar surface area (TPSA) is 44.4 Å². The van der Waals surface area contributed by atoms with Gasteiger partial charge in [0, 0.05) is 18.7 Å². The normalized spacial score (nSPS) is 14.3. The summed E-state index contributed by atoms with van der Waals surface area (Å²) in [6, 6.07) is 6.03. The highest BCUT2D eigenvalue weighted by molar-refractivity contribution is 5.94. The van der Waals surface area contributed by atoms with Crippen molar-refractivity contribution in [3.8, 4) is 0 Å². The van der Waals surface area contributed by atoms with E-state index in [0.29, 0.717) is 0 Å². The summed E-state index contributed by atoms with van der Waals surface area (Å²) < 4.78 is 0. The van der Waals surface area contributed by atoms with Gasteiger partial charge in [0.2, 0.25) is 0 Å². The number of nitrogens with zero attached hydrogens (tertiary/aromatic N) is 1. The van der Waals surface area contributed by atoms with E-state index >= 15 is 0 Å². The van der Waals surface area contributed by atoms with Crippen LogP contribution in [0.4, 0.5) is 0 Å². The lowest BCUT2D eigenvalue weighted by Gasteiger charge is -2.17. The minimum absolute atomic E-state index is 0.0417. The number of carbonyl (C=O) groups excluding carboxylic acids is 1. The van der Waals surface area contributed by atoms with E-state index in [4.69, 9.17) is 0 Å². The maximum Gasteiger partial charge on any atom is 0.251 e. The largest absolute Gasteiger partial charge is 0.352 e. The van der Waals surface area contributed by atoms with E-state index in [1.807, 2.05) is 26.2 Å². The van der Waals surface area contributed by atoms with Gasteiger partial charge in [-0.25, -0.2) is 0 Å². The fourth-order valence-corrected chi connectivity index (χ4v) is 2.32. The number of nitrogens with one attached hydrogen (secondary N) is 2. The van der Waals surface area contributed by atoms with E-state index in [9.17, 15) is 4.79 Å². The second-order valence-electron chi connectivity index (χ2n) is 5.32. The highest BCUT2D eigenvalue weighted by Crippen LogP contribution is 2.15. The lowest BCUT2D eigenvalue weighted by molar-refractivity contribution is 0.0952.